The van der Waals surface area contributed by atoms with E-state index in [4.69, 9.17) is 0 Å². The molecule has 0 saturated heterocycles. The summed E-state index contributed by atoms with van der Waals surface area (Å²) in [6, 6.07) is 49.0. The molecule has 178 valence electrons. The van der Waals surface area contributed by atoms with Crippen molar-refractivity contribution in [2.24, 2.45) is 0 Å². The first-order chi connectivity index (χ1) is 18.8. The van der Waals surface area contributed by atoms with Crippen LogP contribution in [0.3, 0.4) is 0 Å². The third kappa shape index (κ3) is 3.56. The summed E-state index contributed by atoms with van der Waals surface area (Å²) in [6.07, 6.45) is 0. The van der Waals surface area contributed by atoms with Crippen LogP contribution in [0.2, 0.25) is 0 Å². The summed E-state index contributed by atoms with van der Waals surface area (Å²) in [6.45, 7) is 0. The van der Waals surface area contributed by atoms with Crippen LogP contribution >= 0.6 is 23.5 Å². The summed E-state index contributed by atoms with van der Waals surface area (Å²) >= 11 is 3.74. The molecule has 2 heteroatoms. The molecule has 1 heterocycles. The van der Waals surface area contributed by atoms with E-state index in [-0.39, 0.29) is 0 Å². The van der Waals surface area contributed by atoms with Gasteiger partial charge in [0, 0.05) is 19.6 Å². The minimum atomic E-state index is 1.24. The fourth-order valence-corrected chi connectivity index (χ4v) is 7.90. The minimum absolute atomic E-state index is 1.24. The molecule has 0 aromatic heterocycles. The van der Waals surface area contributed by atoms with Crippen LogP contribution in [0.5, 0.6) is 0 Å². The first-order valence-electron chi connectivity index (χ1n) is 12.8. The topological polar surface area (TPSA) is 0 Å². The van der Waals surface area contributed by atoms with Crippen LogP contribution in [0, 0.1) is 0 Å². The first-order valence-corrected chi connectivity index (χ1v) is 14.5. The van der Waals surface area contributed by atoms with Crippen molar-refractivity contribution in [2.45, 2.75) is 19.6 Å². The van der Waals surface area contributed by atoms with Gasteiger partial charge >= 0.3 is 0 Å². The highest BCUT2D eigenvalue weighted by molar-refractivity contribution is 8.05. The molecule has 7 aromatic rings. The lowest BCUT2D eigenvalue weighted by atomic mass is 9.92. The highest BCUT2D eigenvalue weighted by Crippen LogP contribution is 2.49. The molecule has 0 bridgehead atoms. The molecule has 0 spiro atoms. The fourth-order valence-electron chi connectivity index (χ4n) is 5.65. The molecular weight excluding hydrogens is 497 g/mol. The monoisotopic (exact) mass is 518 g/mol. The van der Waals surface area contributed by atoms with Crippen LogP contribution in [-0.4, -0.2) is 0 Å². The molecule has 0 atom stereocenters. The maximum atomic E-state index is 2.36. The van der Waals surface area contributed by atoms with Gasteiger partial charge in [0.1, 0.15) is 0 Å². The molecule has 0 saturated carbocycles. The Hall–Kier alpha value is -3.98. The van der Waals surface area contributed by atoms with E-state index in [1.807, 2.05) is 23.5 Å². The van der Waals surface area contributed by atoms with Gasteiger partial charge in [0.15, 0.2) is 0 Å². The maximum Gasteiger partial charge on any atom is 0.0268 e. The van der Waals surface area contributed by atoms with Crippen LogP contribution in [-0.2, 0) is 0 Å². The van der Waals surface area contributed by atoms with Crippen LogP contribution in [0.1, 0.15) is 0 Å². The second-order valence-corrected chi connectivity index (χ2v) is 11.9. The van der Waals surface area contributed by atoms with Gasteiger partial charge < -0.3 is 0 Å². The van der Waals surface area contributed by atoms with E-state index in [1.165, 1.54) is 74.2 Å². The Morgan fingerprint density at radius 2 is 0.658 bits per heavy atom. The van der Waals surface area contributed by atoms with Crippen molar-refractivity contribution >= 4 is 55.8 Å². The van der Waals surface area contributed by atoms with Gasteiger partial charge in [-0.15, -0.1) is 0 Å². The van der Waals surface area contributed by atoms with E-state index in [0.717, 1.165) is 0 Å². The average molecular weight is 519 g/mol. The van der Waals surface area contributed by atoms with Crippen LogP contribution in [0.4, 0.5) is 0 Å². The van der Waals surface area contributed by atoms with Gasteiger partial charge in [0.05, 0.1) is 0 Å². The quantitative estimate of drug-likeness (QED) is 0.209. The summed E-state index contributed by atoms with van der Waals surface area (Å²) in [5, 5.41) is 7.88. The van der Waals surface area contributed by atoms with Crippen molar-refractivity contribution in [3.63, 3.8) is 0 Å². The summed E-state index contributed by atoms with van der Waals surface area (Å²) in [4.78, 5) is 5.36. The molecule has 38 heavy (non-hydrogen) atoms. The van der Waals surface area contributed by atoms with E-state index < -0.39 is 0 Å². The molecule has 0 N–H and O–H groups in total. The van der Waals surface area contributed by atoms with E-state index in [1.54, 1.807) is 0 Å². The summed E-state index contributed by atoms with van der Waals surface area (Å²) < 4.78 is 0. The van der Waals surface area contributed by atoms with Gasteiger partial charge in [0.2, 0.25) is 0 Å². The average Bonchev–Trinajstić information content (AvgIpc) is 3.00. The maximum absolute atomic E-state index is 2.36. The smallest absolute Gasteiger partial charge is 0.0268 e. The molecule has 7 aromatic carbocycles. The molecule has 1 aliphatic rings. The Balaban J connectivity index is 1.18. The van der Waals surface area contributed by atoms with Crippen LogP contribution in [0.25, 0.3) is 54.6 Å². The standard InChI is InChI=1S/C36H22S2/c1-2-9-29-27(7-1)28-8-3-4-10-30(28)32-21-25(17-19-31(29)32)23-13-15-24(16-14-23)26-18-20-35-36(22-26)38-34-12-6-5-11-33(34)37-35/h1-22H. The van der Waals surface area contributed by atoms with Gasteiger partial charge in [0.25, 0.3) is 0 Å². The molecule has 0 fully saturated rings. The molecule has 0 radical (unpaired) electrons. The second kappa shape index (κ2) is 8.80. The normalized spacial score (nSPS) is 12.5. The minimum Gasteiger partial charge on any atom is -0.0877 e. The highest BCUT2D eigenvalue weighted by atomic mass is 32.2. The fraction of sp³-hybridized carbons (Fsp3) is 0. The second-order valence-electron chi connectivity index (χ2n) is 9.74. The summed E-state index contributed by atoms with van der Waals surface area (Å²) in [7, 11) is 0. The number of hydrogen-bond acceptors (Lipinski definition) is 2. The number of rotatable bonds is 2. The van der Waals surface area contributed by atoms with Crippen molar-refractivity contribution < 1.29 is 0 Å². The van der Waals surface area contributed by atoms with Gasteiger partial charge in [-0.25, -0.2) is 0 Å². The zero-order valence-electron chi connectivity index (χ0n) is 20.5. The third-order valence-electron chi connectivity index (χ3n) is 7.53. The molecular formula is C36H22S2. The Morgan fingerprint density at radius 1 is 0.263 bits per heavy atom. The lowest BCUT2D eigenvalue weighted by molar-refractivity contribution is 1.16. The lowest BCUT2D eigenvalue weighted by Gasteiger charge is -2.19. The van der Waals surface area contributed by atoms with E-state index in [2.05, 4.69) is 133 Å². The van der Waals surface area contributed by atoms with Gasteiger partial charge in [-0.3, -0.25) is 0 Å². The van der Waals surface area contributed by atoms with E-state index in [0.29, 0.717) is 0 Å². The van der Waals surface area contributed by atoms with Crippen molar-refractivity contribution in [3.05, 3.63) is 133 Å². The van der Waals surface area contributed by atoms with Gasteiger partial charge in [-0.2, -0.15) is 0 Å². The first kappa shape index (κ1) is 22.0. The summed E-state index contributed by atoms with van der Waals surface area (Å²) in [5.41, 5.74) is 5.00. The molecule has 0 aliphatic carbocycles. The predicted octanol–water partition coefficient (Wildman–Crippen LogP) is 11.1. The van der Waals surface area contributed by atoms with Crippen molar-refractivity contribution in [1.29, 1.82) is 0 Å². The van der Waals surface area contributed by atoms with Gasteiger partial charge in [-0.05, 0) is 84.9 Å². The highest BCUT2D eigenvalue weighted by Gasteiger charge is 2.17. The van der Waals surface area contributed by atoms with Crippen molar-refractivity contribution in [3.8, 4) is 22.3 Å². The van der Waals surface area contributed by atoms with Crippen molar-refractivity contribution in [2.75, 3.05) is 0 Å². The van der Waals surface area contributed by atoms with E-state index in [9.17, 15) is 0 Å². The third-order valence-corrected chi connectivity index (χ3v) is 10.1. The zero-order valence-corrected chi connectivity index (χ0v) is 22.2. The number of hydrogen-bond donors (Lipinski definition) is 0. The number of benzene rings is 7. The molecule has 1 aliphatic heterocycles. The SMILES string of the molecule is c1ccc2c(c1)Sc1ccc(-c3ccc(-c4ccc5c6ccccc6c6ccccc6c5c4)cc3)cc1S2. The van der Waals surface area contributed by atoms with Crippen LogP contribution < -0.4 is 0 Å². The largest absolute Gasteiger partial charge is 0.0877 e. The molecule has 0 nitrogen and oxygen atoms in total. The lowest BCUT2D eigenvalue weighted by Crippen LogP contribution is -1.90. The van der Waals surface area contributed by atoms with E-state index >= 15 is 0 Å². The van der Waals surface area contributed by atoms with Gasteiger partial charge in [-0.1, -0.05) is 127 Å². The molecule has 0 amide bonds. The Kier molecular flexibility index (Phi) is 5.11. The zero-order chi connectivity index (χ0) is 25.1. The predicted molar refractivity (Wildman–Crippen MR) is 165 cm³/mol. The Bertz CT molecular complexity index is 1980. The molecule has 8 rings (SSSR count). The van der Waals surface area contributed by atoms with Crippen molar-refractivity contribution in [1.82, 2.24) is 0 Å². The summed E-state index contributed by atoms with van der Waals surface area (Å²) in [5.74, 6) is 0. The van der Waals surface area contributed by atoms with Crippen LogP contribution in [0.15, 0.2) is 153 Å². The number of fused-ring (bicyclic) bond motifs is 8. The molecule has 0 unspecified atom stereocenters. The Labute approximate surface area is 230 Å². The Morgan fingerprint density at radius 3 is 1.26 bits per heavy atom.